The van der Waals surface area contributed by atoms with E-state index in [0.717, 1.165) is 17.0 Å². The van der Waals surface area contributed by atoms with Crippen molar-refractivity contribution >= 4 is 27.6 Å². The third-order valence-electron chi connectivity index (χ3n) is 2.79. The van der Waals surface area contributed by atoms with Crippen molar-refractivity contribution in [3.63, 3.8) is 0 Å². The summed E-state index contributed by atoms with van der Waals surface area (Å²) in [4.78, 5) is 12.7. The van der Waals surface area contributed by atoms with Gasteiger partial charge in [0, 0.05) is 45.8 Å². The third-order valence-corrected chi connectivity index (χ3v) is 3.20. The summed E-state index contributed by atoms with van der Waals surface area (Å²) in [6.45, 7) is 0.781. The van der Waals surface area contributed by atoms with Gasteiger partial charge >= 0.3 is 0 Å². The van der Waals surface area contributed by atoms with E-state index in [1.807, 2.05) is 26.0 Å². The molecule has 0 saturated carbocycles. The maximum absolute atomic E-state index is 4.29. The Kier molecular flexibility index (Phi) is 4.37. The van der Waals surface area contributed by atoms with Gasteiger partial charge in [-0.05, 0) is 33.6 Å². The van der Waals surface area contributed by atoms with Gasteiger partial charge in [-0.2, -0.15) is 0 Å². The second-order valence-corrected chi connectivity index (χ2v) is 5.54. The number of rotatable bonds is 4. The number of halogens is 1. The van der Waals surface area contributed by atoms with Gasteiger partial charge in [0.25, 0.3) is 0 Å². The first kappa shape index (κ1) is 13.8. The van der Waals surface area contributed by atoms with Crippen molar-refractivity contribution in [2.75, 3.05) is 30.9 Å². The van der Waals surface area contributed by atoms with Crippen LogP contribution in [0.4, 0.5) is 11.6 Å². The highest BCUT2D eigenvalue weighted by atomic mass is 79.9. The summed E-state index contributed by atoms with van der Waals surface area (Å²) in [5.74, 6) is 0.721. The van der Waals surface area contributed by atoms with E-state index < -0.39 is 0 Å². The van der Waals surface area contributed by atoms with E-state index in [0.29, 0.717) is 0 Å². The van der Waals surface area contributed by atoms with Crippen LogP contribution in [0, 0.1) is 0 Å². The molecule has 1 heterocycles. The molecule has 1 aromatic carbocycles. The molecule has 0 aliphatic rings. The standard InChI is InChI=1S/C14H17BrN4/c1-18(2)13-6-4-5-11(7-13)10-19(3)14-16-8-12(15)9-17-14/h4-9H,10H2,1-3H3. The zero-order valence-corrected chi connectivity index (χ0v) is 12.9. The summed E-state index contributed by atoms with van der Waals surface area (Å²) < 4.78 is 0.888. The van der Waals surface area contributed by atoms with E-state index in [1.54, 1.807) is 12.4 Å². The maximum atomic E-state index is 4.29. The Labute approximate surface area is 122 Å². The van der Waals surface area contributed by atoms with Gasteiger partial charge in [-0.1, -0.05) is 12.1 Å². The lowest BCUT2D eigenvalue weighted by Crippen LogP contribution is -2.19. The highest BCUT2D eigenvalue weighted by Crippen LogP contribution is 2.17. The first-order valence-corrected chi connectivity index (χ1v) is 6.80. The molecule has 5 heteroatoms. The van der Waals surface area contributed by atoms with Crippen LogP contribution in [0.3, 0.4) is 0 Å². The van der Waals surface area contributed by atoms with E-state index in [-0.39, 0.29) is 0 Å². The van der Waals surface area contributed by atoms with E-state index >= 15 is 0 Å². The van der Waals surface area contributed by atoms with Crippen molar-refractivity contribution < 1.29 is 0 Å². The van der Waals surface area contributed by atoms with Gasteiger partial charge in [-0.15, -0.1) is 0 Å². The van der Waals surface area contributed by atoms with Crippen LogP contribution in [0.2, 0.25) is 0 Å². The Morgan fingerprint density at radius 3 is 2.42 bits per heavy atom. The first-order valence-electron chi connectivity index (χ1n) is 6.01. The van der Waals surface area contributed by atoms with Gasteiger partial charge < -0.3 is 9.80 Å². The SMILES string of the molecule is CN(C)c1cccc(CN(C)c2ncc(Br)cn2)c1. The number of anilines is 2. The van der Waals surface area contributed by atoms with Gasteiger partial charge in [0.05, 0.1) is 4.47 Å². The first-order chi connectivity index (χ1) is 9.06. The number of hydrogen-bond acceptors (Lipinski definition) is 4. The number of aromatic nitrogens is 2. The summed E-state index contributed by atoms with van der Waals surface area (Å²) in [6, 6.07) is 8.46. The lowest BCUT2D eigenvalue weighted by atomic mass is 10.2. The summed E-state index contributed by atoms with van der Waals surface area (Å²) in [7, 11) is 6.08. The molecule has 0 radical (unpaired) electrons. The molecule has 100 valence electrons. The number of hydrogen-bond donors (Lipinski definition) is 0. The lowest BCUT2D eigenvalue weighted by molar-refractivity contribution is 0.864. The third kappa shape index (κ3) is 3.67. The van der Waals surface area contributed by atoms with Crippen molar-refractivity contribution in [2.45, 2.75) is 6.54 Å². The number of benzene rings is 1. The molecule has 0 saturated heterocycles. The Morgan fingerprint density at radius 1 is 1.11 bits per heavy atom. The predicted octanol–water partition coefficient (Wildman–Crippen LogP) is 2.94. The van der Waals surface area contributed by atoms with Crippen LogP contribution >= 0.6 is 15.9 Å². The Hall–Kier alpha value is -1.62. The summed E-state index contributed by atoms with van der Waals surface area (Å²) in [5.41, 5.74) is 2.43. The highest BCUT2D eigenvalue weighted by molar-refractivity contribution is 9.10. The zero-order chi connectivity index (χ0) is 13.8. The molecule has 19 heavy (non-hydrogen) atoms. The molecule has 0 atom stereocenters. The molecule has 4 nitrogen and oxygen atoms in total. The van der Waals surface area contributed by atoms with E-state index in [2.05, 4.69) is 55.1 Å². The van der Waals surface area contributed by atoms with Gasteiger partial charge in [0.2, 0.25) is 5.95 Å². The van der Waals surface area contributed by atoms with Crippen molar-refractivity contribution in [3.05, 3.63) is 46.7 Å². The van der Waals surface area contributed by atoms with Crippen molar-refractivity contribution in [3.8, 4) is 0 Å². The van der Waals surface area contributed by atoms with E-state index in [1.165, 1.54) is 11.3 Å². The molecule has 0 amide bonds. The van der Waals surface area contributed by atoms with Crippen LogP contribution in [-0.4, -0.2) is 31.1 Å². The van der Waals surface area contributed by atoms with Gasteiger partial charge in [-0.25, -0.2) is 9.97 Å². The Morgan fingerprint density at radius 2 is 1.79 bits per heavy atom. The van der Waals surface area contributed by atoms with Gasteiger partial charge in [0.1, 0.15) is 0 Å². The quantitative estimate of drug-likeness (QED) is 0.867. The minimum atomic E-state index is 0.721. The Balaban J connectivity index is 2.12. The normalized spacial score (nSPS) is 10.3. The van der Waals surface area contributed by atoms with Crippen LogP contribution in [0.5, 0.6) is 0 Å². The molecule has 0 unspecified atom stereocenters. The average molecular weight is 321 g/mol. The largest absolute Gasteiger partial charge is 0.378 e. The molecule has 0 N–H and O–H groups in total. The molecule has 0 spiro atoms. The lowest BCUT2D eigenvalue weighted by Gasteiger charge is -2.18. The second kappa shape index (κ2) is 6.02. The predicted molar refractivity (Wildman–Crippen MR) is 82.6 cm³/mol. The van der Waals surface area contributed by atoms with E-state index in [4.69, 9.17) is 0 Å². The van der Waals surface area contributed by atoms with Crippen LogP contribution in [0.25, 0.3) is 0 Å². The molecule has 0 aliphatic heterocycles. The zero-order valence-electron chi connectivity index (χ0n) is 11.3. The van der Waals surface area contributed by atoms with Crippen molar-refractivity contribution in [1.29, 1.82) is 0 Å². The highest BCUT2D eigenvalue weighted by Gasteiger charge is 2.06. The Bertz CT molecular complexity index is 539. The van der Waals surface area contributed by atoms with Crippen LogP contribution < -0.4 is 9.80 Å². The molecule has 1 aromatic heterocycles. The molecule has 0 aliphatic carbocycles. The minimum Gasteiger partial charge on any atom is -0.378 e. The van der Waals surface area contributed by atoms with Crippen molar-refractivity contribution in [2.24, 2.45) is 0 Å². The van der Waals surface area contributed by atoms with Crippen LogP contribution in [-0.2, 0) is 6.54 Å². The summed E-state index contributed by atoms with van der Waals surface area (Å²) >= 11 is 3.34. The molecule has 2 rings (SSSR count). The van der Waals surface area contributed by atoms with E-state index in [9.17, 15) is 0 Å². The summed E-state index contributed by atoms with van der Waals surface area (Å²) in [6.07, 6.45) is 3.52. The molecule has 0 bridgehead atoms. The van der Waals surface area contributed by atoms with Crippen molar-refractivity contribution in [1.82, 2.24) is 9.97 Å². The fourth-order valence-electron chi connectivity index (χ4n) is 1.78. The molecular weight excluding hydrogens is 304 g/mol. The molecule has 0 fully saturated rings. The van der Waals surface area contributed by atoms with Gasteiger partial charge in [-0.3, -0.25) is 0 Å². The van der Waals surface area contributed by atoms with Crippen LogP contribution in [0.15, 0.2) is 41.1 Å². The molecular formula is C14H17BrN4. The average Bonchev–Trinajstić information content (AvgIpc) is 2.39. The molecule has 2 aromatic rings. The van der Waals surface area contributed by atoms with Crippen LogP contribution in [0.1, 0.15) is 5.56 Å². The van der Waals surface area contributed by atoms with Gasteiger partial charge in [0.15, 0.2) is 0 Å². The summed E-state index contributed by atoms with van der Waals surface area (Å²) in [5, 5.41) is 0. The second-order valence-electron chi connectivity index (χ2n) is 4.62. The fraction of sp³-hybridized carbons (Fsp3) is 0.286. The minimum absolute atomic E-state index is 0.721. The smallest absolute Gasteiger partial charge is 0.225 e. The number of nitrogens with zero attached hydrogens (tertiary/aromatic N) is 4. The fourth-order valence-corrected chi connectivity index (χ4v) is 1.98. The monoisotopic (exact) mass is 320 g/mol. The maximum Gasteiger partial charge on any atom is 0.225 e. The topological polar surface area (TPSA) is 32.3 Å².